The van der Waals surface area contributed by atoms with Gasteiger partial charge in [0, 0.05) is 5.75 Å². The van der Waals surface area contributed by atoms with Crippen molar-refractivity contribution < 1.29 is 14.3 Å². The van der Waals surface area contributed by atoms with Crippen molar-refractivity contribution in [3.05, 3.63) is 54.1 Å². The summed E-state index contributed by atoms with van der Waals surface area (Å²) >= 11 is 1.50. The number of rotatable bonds is 7. The number of fused-ring (bicyclic) bond motifs is 1. The number of thioether (sulfide) groups is 1. The van der Waals surface area contributed by atoms with E-state index in [0.29, 0.717) is 28.6 Å². The third-order valence-corrected chi connectivity index (χ3v) is 4.82. The largest absolute Gasteiger partial charge is 0.493 e. The molecule has 0 amide bonds. The van der Waals surface area contributed by atoms with E-state index in [2.05, 4.69) is 11.1 Å². The first kappa shape index (κ1) is 20.7. The molecule has 7 heteroatoms. The van der Waals surface area contributed by atoms with Crippen LogP contribution in [0.4, 0.5) is 0 Å². The van der Waals surface area contributed by atoms with Crippen LogP contribution in [0, 0.1) is 11.3 Å². The second-order valence-electron chi connectivity index (χ2n) is 7.39. The van der Waals surface area contributed by atoms with E-state index in [1.54, 1.807) is 12.1 Å². The van der Waals surface area contributed by atoms with Gasteiger partial charge in [0.05, 0.1) is 29.3 Å². The van der Waals surface area contributed by atoms with Crippen LogP contribution >= 0.6 is 11.8 Å². The first-order chi connectivity index (χ1) is 13.9. The molecule has 0 radical (unpaired) electrons. The molecule has 0 bridgehead atoms. The summed E-state index contributed by atoms with van der Waals surface area (Å²) in [7, 11) is 0. The van der Waals surface area contributed by atoms with Crippen LogP contribution in [0.3, 0.4) is 0 Å². The van der Waals surface area contributed by atoms with Crippen molar-refractivity contribution in [2.45, 2.75) is 38.1 Å². The van der Waals surface area contributed by atoms with E-state index < -0.39 is 5.60 Å². The molecule has 0 atom stereocenters. The number of hydrogen-bond donors (Lipinski definition) is 0. The topological polar surface area (TPSA) is 77.1 Å². The summed E-state index contributed by atoms with van der Waals surface area (Å²) in [6, 6.07) is 17.0. The van der Waals surface area contributed by atoms with Gasteiger partial charge in [-0.3, -0.25) is 4.79 Å². The lowest BCUT2D eigenvalue weighted by Crippen LogP contribution is -2.26. The molecule has 3 aromatic rings. The number of aromatic nitrogens is 2. The summed E-state index contributed by atoms with van der Waals surface area (Å²) in [5.41, 5.74) is 1.45. The first-order valence-electron chi connectivity index (χ1n) is 9.28. The molecule has 0 aliphatic heterocycles. The lowest BCUT2D eigenvalue weighted by Gasteiger charge is -2.20. The van der Waals surface area contributed by atoms with Crippen LogP contribution in [0.1, 0.15) is 26.3 Å². The number of ether oxygens (including phenoxy) is 2. The number of esters is 1. The monoisotopic (exact) mass is 409 g/mol. The molecule has 0 unspecified atom stereocenters. The van der Waals surface area contributed by atoms with Crippen molar-refractivity contribution in [2.24, 2.45) is 0 Å². The Morgan fingerprint density at radius 3 is 2.66 bits per heavy atom. The molecule has 1 heterocycles. The zero-order valence-corrected chi connectivity index (χ0v) is 17.5. The minimum atomic E-state index is -0.557. The predicted octanol–water partition coefficient (Wildman–Crippen LogP) is 4.42. The summed E-state index contributed by atoms with van der Waals surface area (Å²) in [5, 5.41) is 9.84. The lowest BCUT2D eigenvalue weighted by atomic mass is 10.2. The predicted molar refractivity (Wildman–Crippen MR) is 113 cm³/mol. The molecule has 6 nitrogen and oxygen atoms in total. The van der Waals surface area contributed by atoms with E-state index in [4.69, 9.17) is 14.7 Å². The summed E-state index contributed by atoms with van der Waals surface area (Å²) in [6.45, 7) is 6.08. The van der Waals surface area contributed by atoms with Gasteiger partial charge in [0.1, 0.15) is 17.9 Å². The molecule has 0 fully saturated rings. The van der Waals surface area contributed by atoms with Crippen LogP contribution in [-0.4, -0.2) is 33.5 Å². The Hall–Kier alpha value is -2.98. The van der Waals surface area contributed by atoms with Gasteiger partial charge in [-0.2, -0.15) is 5.26 Å². The Kier molecular flexibility index (Phi) is 6.45. The summed E-state index contributed by atoms with van der Waals surface area (Å²) < 4.78 is 13.0. The molecule has 0 saturated heterocycles. The van der Waals surface area contributed by atoms with Gasteiger partial charge >= 0.3 is 5.97 Å². The van der Waals surface area contributed by atoms with Crippen LogP contribution in [0.5, 0.6) is 5.75 Å². The standard InChI is InChI=1S/C22H23N3O3S/c1-22(2,3)28-20(26)15-25-19-10-9-16(14-23)13-18(19)24-21(25)29-12-11-27-17-7-5-4-6-8-17/h4-10,13H,11-12,15H2,1-3H3. The fourth-order valence-corrected chi connectivity index (χ4v) is 3.58. The van der Waals surface area contributed by atoms with E-state index >= 15 is 0 Å². The average molecular weight is 410 g/mol. The summed E-state index contributed by atoms with van der Waals surface area (Å²) in [5.74, 6) is 1.15. The highest BCUT2D eigenvalue weighted by Crippen LogP contribution is 2.25. The molecule has 150 valence electrons. The van der Waals surface area contributed by atoms with Gasteiger partial charge in [0.2, 0.25) is 0 Å². The van der Waals surface area contributed by atoms with E-state index in [1.165, 1.54) is 11.8 Å². The van der Waals surface area contributed by atoms with Crippen LogP contribution in [-0.2, 0) is 16.1 Å². The molecule has 0 aliphatic rings. The van der Waals surface area contributed by atoms with Gasteiger partial charge in [0.25, 0.3) is 0 Å². The molecule has 29 heavy (non-hydrogen) atoms. The molecule has 0 N–H and O–H groups in total. The van der Waals surface area contributed by atoms with E-state index in [1.807, 2.05) is 61.7 Å². The zero-order valence-electron chi connectivity index (χ0n) is 16.7. The Balaban J connectivity index is 1.76. The number of nitriles is 1. The number of imidazole rings is 1. The molecule has 3 rings (SSSR count). The molecule has 0 aliphatic carbocycles. The van der Waals surface area contributed by atoms with Crippen LogP contribution in [0.15, 0.2) is 53.7 Å². The SMILES string of the molecule is CC(C)(C)OC(=O)Cn1c(SCCOc2ccccc2)nc2cc(C#N)ccc21. The number of carbonyl (C=O) groups excluding carboxylic acids is 1. The molecule has 1 aromatic heterocycles. The maximum absolute atomic E-state index is 12.4. The maximum atomic E-state index is 12.4. The van der Waals surface area contributed by atoms with Crippen molar-refractivity contribution in [3.63, 3.8) is 0 Å². The third kappa shape index (κ3) is 5.75. The normalized spacial score (nSPS) is 11.2. The van der Waals surface area contributed by atoms with Gasteiger partial charge in [-0.25, -0.2) is 4.98 Å². The Labute approximate surface area is 174 Å². The van der Waals surface area contributed by atoms with E-state index in [-0.39, 0.29) is 12.5 Å². The van der Waals surface area contributed by atoms with Crippen molar-refractivity contribution >= 4 is 28.8 Å². The average Bonchev–Trinajstić information content (AvgIpc) is 3.01. The fraction of sp³-hybridized carbons (Fsp3) is 0.318. The second-order valence-corrected chi connectivity index (χ2v) is 8.45. The highest BCUT2D eigenvalue weighted by molar-refractivity contribution is 7.99. The Morgan fingerprint density at radius 1 is 1.21 bits per heavy atom. The smallest absolute Gasteiger partial charge is 0.326 e. The molecular weight excluding hydrogens is 386 g/mol. The van der Waals surface area contributed by atoms with E-state index in [9.17, 15) is 4.79 Å². The van der Waals surface area contributed by atoms with E-state index in [0.717, 1.165) is 11.3 Å². The molecule has 2 aromatic carbocycles. The number of para-hydroxylation sites is 1. The lowest BCUT2D eigenvalue weighted by molar-refractivity contribution is -0.155. The maximum Gasteiger partial charge on any atom is 0.326 e. The quantitative estimate of drug-likeness (QED) is 0.327. The number of carbonyl (C=O) groups is 1. The number of benzene rings is 2. The number of nitrogens with zero attached hydrogens (tertiary/aromatic N) is 3. The Morgan fingerprint density at radius 2 is 1.97 bits per heavy atom. The summed E-state index contributed by atoms with van der Waals surface area (Å²) in [4.78, 5) is 17.0. The Bertz CT molecular complexity index is 1030. The van der Waals surface area contributed by atoms with Gasteiger partial charge in [-0.15, -0.1) is 0 Å². The fourth-order valence-electron chi connectivity index (χ4n) is 2.75. The summed E-state index contributed by atoms with van der Waals surface area (Å²) in [6.07, 6.45) is 0. The van der Waals surface area contributed by atoms with Crippen LogP contribution in [0.2, 0.25) is 0 Å². The first-order valence-corrected chi connectivity index (χ1v) is 10.3. The van der Waals surface area contributed by atoms with Crippen LogP contribution < -0.4 is 4.74 Å². The van der Waals surface area contributed by atoms with Crippen molar-refractivity contribution in [1.29, 1.82) is 5.26 Å². The minimum Gasteiger partial charge on any atom is -0.493 e. The molecule has 0 saturated carbocycles. The minimum absolute atomic E-state index is 0.0571. The van der Waals surface area contributed by atoms with Crippen LogP contribution in [0.25, 0.3) is 11.0 Å². The van der Waals surface area contributed by atoms with Gasteiger partial charge < -0.3 is 14.0 Å². The highest BCUT2D eigenvalue weighted by Gasteiger charge is 2.20. The molecule has 0 spiro atoms. The zero-order chi connectivity index (χ0) is 20.9. The van der Waals surface area contributed by atoms with Gasteiger partial charge in [-0.1, -0.05) is 30.0 Å². The second kappa shape index (κ2) is 9.01. The van der Waals surface area contributed by atoms with Gasteiger partial charge in [-0.05, 0) is 51.1 Å². The van der Waals surface area contributed by atoms with Crippen molar-refractivity contribution in [2.75, 3.05) is 12.4 Å². The van der Waals surface area contributed by atoms with Gasteiger partial charge in [0.15, 0.2) is 5.16 Å². The van der Waals surface area contributed by atoms with Crippen molar-refractivity contribution in [1.82, 2.24) is 9.55 Å². The molecular formula is C22H23N3O3S. The van der Waals surface area contributed by atoms with Crippen molar-refractivity contribution in [3.8, 4) is 11.8 Å². The highest BCUT2D eigenvalue weighted by atomic mass is 32.2. The third-order valence-electron chi connectivity index (χ3n) is 3.88. The number of hydrogen-bond acceptors (Lipinski definition) is 6.